The number of aryl methyl sites for hydroxylation is 1. The zero-order valence-corrected chi connectivity index (χ0v) is 21.5. The molecule has 1 aromatic carbocycles. The van der Waals surface area contributed by atoms with Gasteiger partial charge in [0, 0.05) is 72.8 Å². The molecule has 0 bridgehead atoms. The lowest BCUT2D eigenvalue weighted by molar-refractivity contribution is 0.0532. The van der Waals surface area contributed by atoms with Crippen molar-refractivity contribution < 1.29 is 4.74 Å². The van der Waals surface area contributed by atoms with Gasteiger partial charge < -0.3 is 14.2 Å². The summed E-state index contributed by atoms with van der Waals surface area (Å²) in [6.45, 7) is 7.14. The summed E-state index contributed by atoms with van der Waals surface area (Å²) in [6.07, 6.45) is 6.10. The van der Waals surface area contributed by atoms with E-state index in [1.165, 1.54) is 5.56 Å². The molecule has 1 unspecified atom stereocenters. The molecule has 8 heteroatoms. The Hall–Kier alpha value is -2.30. The van der Waals surface area contributed by atoms with Crippen molar-refractivity contribution in [2.24, 2.45) is 0 Å². The molecule has 3 aromatic heterocycles. The first-order valence-corrected chi connectivity index (χ1v) is 14.3. The van der Waals surface area contributed by atoms with Gasteiger partial charge in [-0.15, -0.1) is 0 Å². The van der Waals surface area contributed by atoms with Gasteiger partial charge in [-0.2, -0.15) is 0 Å². The molecule has 0 N–H and O–H groups in total. The van der Waals surface area contributed by atoms with Crippen LogP contribution >= 0.6 is 30.3 Å². The number of hydrogen-bond donors (Lipinski definition) is 0. The molecule has 33 heavy (non-hydrogen) atoms. The van der Waals surface area contributed by atoms with Crippen molar-refractivity contribution in [3.05, 3.63) is 82.5 Å². The Balaban J connectivity index is 1.52. The van der Waals surface area contributed by atoms with Crippen LogP contribution in [0.1, 0.15) is 18.1 Å². The second-order valence-corrected chi connectivity index (χ2v) is 10.2. The fourth-order valence-electron chi connectivity index (χ4n) is 4.39. The van der Waals surface area contributed by atoms with Crippen LogP contribution in [0.25, 0.3) is 22.2 Å². The number of morpholine rings is 1. The van der Waals surface area contributed by atoms with Gasteiger partial charge in [0.05, 0.1) is 31.1 Å². The van der Waals surface area contributed by atoms with Crippen molar-refractivity contribution in [1.82, 2.24) is 13.5 Å². The number of pyridine rings is 2. The van der Waals surface area contributed by atoms with Gasteiger partial charge in [-0.1, -0.05) is 29.8 Å². The third-order valence-corrected chi connectivity index (χ3v) is 7.72. The zero-order valence-electron chi connectivity index (χ0n) is 18.6. The van der Waals surface area contributed by atoms with E-state index in [1.54, 1.807) is 19.8 Å². The van der Waals surface area contributed by atoms with Gasteiger partial charge in [0.25, 0.3) is 5.56 Å². The second-order valence-electron chi connectivity index (χ2n) is 8.50. The van der Waals surface area contributed by atoms with Crippen LogP contribution < -0.4 is 10.5 Å². The molecule has 0 amide bonds. The first-order valence-electron chi connectivity index (χ1n) is 10.9. The van der Waals surface area contributed by atoms with E-state index < -0.39 is 0 Å². The number of aromatic nitrogens is 3. The van der Waals surface area contributed by atoms with E-state index in [1.807, 2.05) is 24.5 Å². The summed E-state index contributed by atoms with van der Waals surface area (Å²) < 4.78 is 9.50. The number of nitrogens with zero attached hydrogens (tertiary/aromatic N) is 4. The van der Waals surface area contributed by atoms with Crippen LogP contribution in [-0.4, -0.2) is 39.3 Å². The highest BCUT2D eigenvalue weighted by molar-refractivity contribution is 14.2. The molecule has 1 aliphatic rings. The average Bonchev–Trinajstić information content (AvgIpc) is 3.18. The van der Waals surface area contributed by atoms with Crippen LogP contribution in [0.15, 0.2) is 65.8 Å². The van der Waals surface area contributed by atoms with Crippen LogP contribution in [0, 0.1) is 6.92 Å². The largest absolute Gasteiger partial charge is 0.375 e. The number of benzene rings is 1. The number of rotatable bonds is 5. The maximum atomic E-state index is 13.0. The van der Waals surface area contributed by atoms with Crippen molar-refractivity contribution in [1.29, 1.82) is 0 Å². The number of hydrogen-bond acceptors (Lipinski definition) is 5. The van der Waals surface area contributed by atoms with E-state index >= 15 is 0 Å². The summed E-state index contributed by atoms with van der Waals surface area (Å²) in [5, 5.41) is 1.05. The highest BCUT2D eigenvalue weighted by Crippen LogP contribution is 2.35. The quantitative estimate of drug-likeness (QED) is 0.304. The summed E-state index contributed by atoms with van der Waals surface area (Å²) in [6, 6.07) is 14.2. The summed E-state index contributed by atoms with van der Waals surface area (Å²) in [5.41, 5.74) is 6.22. The molecule has 0 saturated carbocycles. The van der Waals surface area contributed by atoms with Crippen LogP contribution in [0.5, 0.6) is 0 Å². The molecule has 1 saturated heterocycles. The van der Waals surface area contributed by atoms with E-state index in [4.69, 9.17) is 9.72 Å². The van der Waals surface area contributed by atoms with Crippen LogP contribution in [-0.2, 0) is 11.3 Å². The van der Waals surface area contributed by atoms with E-state index in [-0.39, 0.29) is 11.7 Å². The van der Waals surface area contributed by atoms with Gasteiger partial charge in [-0.05, 0) is 37.1 Å². The van der Waals surface area contributed by atoms with Gasteiger partial charge in [0.2, 0.25) is 0 Å². The Morgan fingerprint density at radius 1 is 1.24 bits per heavy atom. The van der Waals surface area contributed by atoms with Gasteiger partial charge >= 0.3 is 0 Å². The maximum absolute atomic E-state index is 13.0. The van der Waals surface area contributed by atoms with Crippen molar-refractivity contribution in [3.8, 4) is 11.1 Å². The topological polar surface area (TPSA) is 52.3 Å². The predicted octanol–water partition coefficient (Wildman–Crippen LogP) is 5.29. The van der Waals surface area contributed by atoms with Crippen molar-refractivity contribution in [3.63, 3.8) is 0 Å². The van der Waals surface area contributed by atoms with E-state index in [2.05, 4.69) is 74.4 Å². The molecule has 4 heterocycles. The first kappa shape index (κ1) is 22.5. The number of ether oxygens (including phenoxy) is 1. The van der Waals surface area contributed by atoms with E-state index in [9.17, 15) is 4.79 Å². The number of fused-ring (bicyclic) bond motifs is 1. The maximum Gasteiger partial charge on any atom is 0.251 e. The van der Waals surface area contributed by atoms with Crippen molar-refractivity contribution >= 4 is 47.0 Å². The smallest absolute Gasteiger partial charge is 0.251 e. The third-order valence-electron chi connectivity index (χ3n) is 6.02. The Labute approximate surface area is 209 Å². The SMILES string of the molecule is Cc1cccc(Cn2ccc(-c3cn(SI)c4ncc(N5CCOC(C)C5)cc34)cc2=O)c1. The predicted molar refractivity (Wildman–Crippen MR) is 144 cm³/mol. The Kier molecular flexibility index (Phi) is 6.49. The molecular formula is C25H25IN4O2S. The summed E-state index contributed by atoms with van der Waals surface area (Å²) >= 11 is 2.26. The highest BCUT2D eigenvalue weighted by Gasteiger charge is 2.20. The first-order chi connectivity index (χ1) is 16.0. The van der Waals surface area contributed by atoms with E-state index in [0.29, 0.717) is 6.54 Å². The molecular weight excluding hydrogens is 547 g/mol. The second kappa shape index (κ2) is 9.52. The lowest BCUT2D eigenvalue weighted by Crippen LogP contribution is -2.41. The molecule has 1 aliphatic heterocycles. The highest BCUT2D eigenvalue weighted by atomic mass is 127. The molecule has 6 nitrogen and oxygen atoms in total. The van der Waals surface area contributed by atoms with Crippen LogP contribution in [0.2, 0.25) is 0 Å². The monoisotopic (exact) mass is 572 g/mol. The molecule has 1 atom stereocenters. The summed E-state index contributed by atoms with van der Waals surface area (Å²) in [4.78, 5) is 20.1. The molecule has 5 rings (SSSR count). The summed E-state index contributed by atoms with van der Waals surface area (Å²) in [7, 11) is 1.57. The normalized spacial score (nSPS) is 16.5. The minimum atomic E-state index is -0.0110. The molecule has 0 spiro atoms. The minimum absolute atomic E-state index is 0.0110. The molecule has 0 aliphatic carbocycles. The third kappa shape index (κ3) is 4.69. The van der Waals surface area contributed by atoms with Gasteiger partial charge in [-0.25, -0.2) is 4.98 Å². The van der Waals surface area contributed by atoms with E-state index in [0.717, 1.165) is 53.1 Å². The van der Waals surface area contributed by atoms with Gasteiger partial charge in [0.15, 0.2) is 5.65 Å². The molecule has 4 aromatic rings. The Bertz CT molecular complexity index is 1370. The molecule has 0 radical (unpaired) electrons. The van der Waals surface area contributed by atoms with Gasteiger partial charge in [0.1, 0.15) is 0 Å². The average molecular weight is 572 g/mol. The van der Waals surface area contributed by atoms with Crippen LogP contribution in [0.3, 0.4) is 0 Å². The van der Waals surface area contributed by atoms with Crippen molar-refractivity contribution in [2.45, 2.75) is 26.5 Å². The standard InChI is InChI=1S/C25H25IN4O2S/c1-17-4-3-5-19(10-17)15-29-7-6-20(11-24(29)31)23-16-30(33-26)25-22(23)12-21(13-27-25)28-8-9-32-18(2)14-28/h3-7,10-13,16,18H,8-9,14-15H2,1-2H3. The Morgan fingerprint density at radius 2 is 2.12 bits per heavy atom. The van der Waals surface area contributed by atoms with Crippen LogP contribution in [0.4, 0.5) is 5.69 Å². The fourth-order valence-corrected chi connectivity index (χ4v) is 5.65. The molecule has 1 fully saturated rings. The molecule has 170 valence electrons. The lowest BCUT2D eigenvalue weighted by atomic mass is 10.1. The minimum Gasteiger partial charge on any atom is -0.375 e. The fraction of sp³-hybridized carbons (Fsp3) is 0.280. The van der Waals surface area contributed by atoms with Crippen molar-refractivity contribution in [2.75, 3.05) is 24.6 Å². The van der Waals surface area contributed by atoms with Gasteiger partial charge in [-0.3, -0.25) is 8.77 Å². The number of anilines is 1. The zero-order chi connectivity index (χ0) is 22.9. The summed E-state index contributed by atoms with van der Waals surface area (Å²) in [5.74, 6) is 0. The number of halogens is 1. The lowest BCUT2D eigenvalue weighted by Gasteiger charge is -2.32. The Morgan fingerprint density at radius 3 is 2.88 bits per heavy atom.